The fourth-order valence-electron chi connectivity index (χ4n) is 0.903. The summed E-state index contributed by atoms with van der Waals surface area (Å²) in [6.45, 7) is 0. The summed E-state index contributed by atoms with van der Waals surface area (Å²) in [5, 5.41) is 0. The van der Waals surface area contributed by atoms with Crippen molar-refractivity contribution in [2.45, 2.75) is 12.0 Å². The summed E-state index contributed by atoms with van der Waals surface area (Å²) < 4.78 is 0. The summed E-state index contributed by atoms with van der Waals surface area (Å²) >= 11 is 0. The molecule has 0 aromatic carbocycles. The van der Waals surface area contributed by atoms with Crippen LogP contribution in [-0.4, -0.2) is 11.8 Å². The third-order valence-electron chi connectivity index (χ3n) is 1.45. The molecule has 1 unspecified atom stereocenters. The van der Waals surface area contributed by atoms with Crippen LogP contribution in [0.15, 0.2) is 23.9 Å². The van der Waals surface area contributed by atoms with E-state index in [4.69, 9.17) is 11.5 Å². The SMILES string of the molecule is NC1=CC=CC(N)(C=O)C1. The van der Waals surface area contributed by atoms with Crippen molar-refractivity contribution in [2.24, 2.45) is 11.5 Å². The number of nitrogens with two attached hydrogens (primary N) is 2. The highest BCUT2D eigenvalue weighted by molar-refractivity contribution is 5.69. The summed E-state index contributed by atoms with van der Waals surface area (Å²) in [5.74, 6) is 0. The molecule has 0 fully saturated rings. The highest BCUT2D eigenvalue weighted by Gasteiger charge is 2.22. The molecule has 0 aromatic heterocycles. The molecule has 0 radical (unpaired) electrons. The highest BCUT2D eigenvalue weighted by Crippen LogP contribution is 2.14. The highest BCUT2D eigenvalue weighted by atomic mass is 16.1. The lowest BCUT2D eigenvalue weighted by molar-refractivity contribution is -0.110. The van der Waals surface area contributed by atoms with Gasteiger partial charge in [0, 0.05) is 12.1 Å². The van der Waals surface area contributed by atoms with Crippen LogP contribution in [0.4, 0.5) is 0 Å². The first-order chi connectivity index (χ1) is 4.66. The van der Waals surface area contributed by atoms with Gasteiger partial charge in [0.1, 0.15) is 6.29 Å². The molecule has 0 spiro atoms. The molecule has 0 saturated heterocycles. The van der Waals surface area contributed by atoms with Gasteiger partial charge in [0.2, 0.25) is 0 Å². The van der Waals surface area contributed by atoms with Crippen LogP contribution in [0.3, 0.4) is 0 Å². The van der Waals surface area contributed by atoms with Gasteiger partial charge in [0.15, 0.2) is 0 Å². The van der Waals surface area contributed by atoms with E-state index < -0.39 is 5.54 Å². The van der Waals surface area contributed by atoms with Gasteiger partial charge < -0.3 is 16.3 Å². The molecule has 3 heteroatoms. The Morgan fingerprint density at radius 2 is 2.40 bits per heavy atom. The molecule has 54 valence electrons. The summed E-state index contributed by atoms with van der Waals surface area (Å²) in [4.78, 5) is 10.4. The van der Waals surface area contributed by atoms with Crippen LogP contribution >= 0.6 is 0 Å². The Bertz CT molecular complexity index is 208. The van der Waals surface area contributed by atoms with Crippen LogP contribution in [0, 0.1) is 0 Å². The second-order valence-electron chi connectivity index (χ2n) is 2.51. The summed E-state index contributed by atoms with van der Waals surface area (Å²) in [5.41, 5.74) is 10.8. The van der Waals surface area contributed by atoms with Crippen LogP contribution in [0.25, 0.3) is 0 Å². The molecule has 4 N–H and O–H groups in total. The monoisotopic (exact) mass is 138 g/mol. The van der Waals surface area contributed by atoms with Gasteiger partial charge in [-0.05, 0) is 6.08 Å². The predicted molar refractivity (Wildman–Crippen MR) is 39.0 cm³/mol. The molecule has 0 aromatic rings. The lowest BCUT2D eigenvalue weighted by Gasteiger charge is -2.20. The Kier molecular flexibility index (Phi) is 1.59. The molecule has 1 atom stereocenters. The maximum absolute atomic E-state index is 10.4. The lowest BCUT2D eigenvalue weighted by Crippen LogP contribution is -2.41. The molecule has 1 aliphatic rings. The van der Waals surface area contributed by atoms with Gasteiger partial charge >= 0.3 is 0 Å². The zero-order valence-corrected chi connectivity index (χ0v) is 5.58. The fraction of sp³-hybridized carbons (Fsp3) is 0.286. The van der Waals surface area contributed by atoms with Crippen molar-refractivity contribution in [1.82, 2.24) is 0 Å². The van der Waals surface area contributed by atoms with E-state index in [-0.39, 0.29) is 0 Å². The number of allylic oxidation sites excluding steroid dienone is 2. The van der Waals surface area contributed by atoms with E-state index in [9.17, 15) is 4.79 Å². The molecule has 10 heavy (non-hydrogen) atoms. The Morgan fingerprint density at radius 1 is 1.70 bits per heavy atom. The molecule has 0 bridgehead atoms. The molecule has 0 amide bonds. The quantitative estimate of drug-likeness (QED) is 0.488. The van der Waals surface area contributed by atoms with Crippen LogP contribution in [0.2, 0.25) is 0 Å². The maximum atomic E-state index is 10.4. The summed E-state index contributed by atoms with van der Waals surface area (Å²) in [6, 6.07) is 0. The minimum absolute atomic E-state index is 0.424. The van der Waals surface area contributed by atoms with Gasteiger partial charge in [-0.15, -0.1) is 0 Å². The van der Waals surface area contributed by atoms with E-state index in [1.165, 1.54) is 0 Å². The van der Waals surface area contributed by atoms with E-state index in [0.29, 0.717) is 18.4 Å². The van der Waals surface area contributed by atoms with Crippen LogP contribution in [0.5, 0.6) is 0 Å². The average molecular weight is 138 g/mol. The van der Waals surface area contributed by atoms with E-state index in [1.807, 2.05) is 0 Å². The maximum Gasteiger partial charge on any atom is 0.144 e. The third-order valence-corrected chi connectivity index (χ3v) is 1.45. The molecule has 0 saturated carbocycles. The number of hydrogen-bond donors (Lipinski definition) is 2. The van der Waals surface area contributed by atoms with Crippen molar-refractivity contribution in [2.75, 3.05) is 0 Å². The smallest absolute Gasteiger partial charge is 0.144 e. The largest absolute Gasteiger partial charge is 0.402 e. The first kappa shape index (κ1) is 7.02. The standard InChI is InChI=1S/C7H10N2O/c8-6-2-1-3-7(9,4-6)5-10/h1-3,5H,4,8-9H2. The molecular formula is C7H10N2O. The topological polar surface area (TPSA) is 69.1 Å². The first-order valence-electron chi connectivity index (χ1n) is 3.05. The Morgan fingerprint density at radius 3 is 2.80 bits per heavy atom. The molecule has 0 aliphatic heterocycles. The van der Waals surface area contributed by atoms with Crippen molar-refractivity contribution in [3.8, 4) is 0 Å². The van der Waals surface area contributed by atoms with E-state index in [1.54, 1.807) is 18.2 Å². The first-order valence-corrected chi connectivity index (χ1v) is 3.05. The van der Waals surface area contributed by atoms with Gasteiger partial charge in [-0.2, -0.15) is 0 Å². The van der Waals surface area contributed by atoms with Gasteiger partial charge in [-0.1, -0.05) is 12.2 Å². The molecule has 3 nitrogen and oxygen atoms in total. The number of hydrogen-bond acceptors (Lipinski definition) is 3. The number of rotatable bonds is 1. The van der Waals surface area contributed by atoms with E-state index in [2.05, 4.69) is 0 Å². The zero-order valence-electron chi connectivity index (χ0n) is 5.58. The second-order valence-corrected chi connectivity index (χ2v) is 2.51. The average Bonchev–Trinajstić information content (AvgIpc) is 1.88. The Balaban J connectivity index is 2.80. The minimum Gasteiger partial charge on any atom is -0.402 e. The zero-order chi connectivity index (χ0) is 7.61. The number of aldehydes is 1. The Hall–Kier alpha value is -1.09. The normalized spacial score (nSPS) is 31.5. The van der Waals surface area contributed by atoms with E-state index >= 15 is 0 Å². The summed E-state index contributed by atoms with van der Waals surface area (Å²) in [6.07, 6.45) is 6.23. The van der Waals surface area contributed by atoms with Gasteiger partial charge in [0.25, 0.3) is 0 Å². The van der Waals surface area contributed by atoms with Crippen molar-refractivity contribution in [1.29, 1.82) is 0 Å². The van der Waals surface area contributed by atoms with E-state index in [0.717, 1.165) is 0 Å². The van der Waals surface area contributed by atoms with Gasteiger partial charge in [-0.25, -0.2) is 0 Å². The summed E-state index contributed by atoms with van der Waals surface area (Å²) in [7, 11) is 0. The molecule has 1 rings (SSSR count). The van der Waals surface area contributed by atoms with Crippen LogP contribution in [0.1, 0.15) is 6.42 Å². The second kappa shape index (κ2) is 2.27. The predicted octanol–water partition coefficient (Wildman–Crippen LogP) is -0.315. The fourth-order valence-corrected chi connectivity index (χ4v) is 0.903. The van der Waals surface area contributed by atoms with Crippen molar-refractivity contribution in [3.05, 3.63) is 23.9 Å². The van der Waals surface area contributed by atoms with Crippen molar-refractivity contribution in [3.63, 3.8) is 0 Å². The Labute approximate surface area is 59.4 Å². The van der Waals surface area contributed by atoms with Crippen molar-refractivity contribution < 1.29 is 4.79 Å². The van der Waals surface area contributed by atoms with Crippen LogP contribution < -0.4 is 11.5 Å². The minimum atomic E-state index is -0.862. The van der Waals surface area contributed by atoms with Crippen LogP contribution in [-0.2, 0) is 4.79 Å². The number of carbonyl (C=O) groups is 1. The van der Waals surface area contributed by atoms with Gasteiger partial charge in [-0.3, -0.25) is 0 Å². The molecule has 0 heterocycles. The van der Waals surface area contributed by atoms with Crippen molar-refractivity contribution >= 4 is 6.29 Å². The molecule has 1 aliphatic carbocycles. The van der Waals surface area contributed by atoms with Gasteiger partial charge in [0.05, 0.1) is 5.54 Å². The molecular weight excluding hydrogens is 128 g/mol. The third kappa shape index (κ3) is 1.25. The number of carbonyl (C=O) groups excluding carboxylic acids is 1. The lowest BCUT2D eigenvalue weighted by atomic mass is 9.92.